The number of sulfonamides is 1. The van der Waals surface area contributed by atoms with Crippen molar-refractivity contribution in [3.8, 4) is 11.5 Å². The van der Waals surface area contributed by atoms with Gasteiger partial charge in [-0.1, -0.05) is 23.8 Å². The van der Waals surface area contributed by atoms with Crippen LogP contribution in [-0.2, 0) is 14.8 Å². The van der Waals surface area contributed by atoms with Crippen molar-refractivity contribution in [3.63, 3.8) is 0 Å². The molecule has 0 saturated carbocycles. The lowest BCUT2D eigenvalue weighted by molar-refractivity contribution is -0.114. The first-order chi connectivity index (χ1) is 12.3. The van der Waals surface area contributed by atoms with E-state index in [1.54, 1.807) is 6.08 Å². The maximum Gasteiger partial charge on any atom is 0.264 e. The third kappa shape index (κ3) is 4.05. The summed E-state index contributed by atoms with van der Waals surface area (Å²) in [7, 11) is -4.00. The summed E-state index contributed by atoms with van der Waals surface area (Å²) in [5.41, 5.74) is 2.97. The molecular formula is C19H19NO5S. The molecule has 0 radical (unpaired) electrons. The third-order valence-electron chi connectivity index (χ3n) is 3.90. The molecule has 0 saturated heterocycles. The van der Waals surface area contributed by atoms with Crippen molar-refractivity contribution >= 4 is 22.0 Å². The number of rotatable bonds is 4. The van der Waals surface area contributed by atoms with E-state index >= 15 is 0 Å². The normalized spacial score (nSPS) is 13.6. The minimum atomic E-state index is -4.00. The van der Waals surface area contributed by atoms with Crippen molar-refractivity contribution in [2.24, 2.45) is 0 Å². The molecule has 1 aliphatic rings. The molecule has 0 aromatic heterocycles. The van der Waals surface area contributed by atoms with Gasteiger partial charge in [0.1, 0.15) is 13.2 Å². The van der Waals surface area contributed by atoms with Gasteiger partial charge in [-0.05, 0) is 43.2 Å². The first kappa shape index (κ1) is 18.0. The van der Waals surface area contributed by atoms with Crippen LogP contribution in [-0.4, -0.2) is 27.5 Å². The Morgan fingerprint density at radius 3 is 2.50 bits per heavy atom. The quantitative estimate of drug-likeness (QED) is 0.833. The van der Waals surface area contributed by atoms with Crippen LogP contribution in [0.4, 0.5) is 0 Å². The van der Waals surface area contributed by atoms with Crippen molar-refractivity contribution in [3.05, 3.63) is 59.2 Å². The number of aryl methyl sites for hydroxylation is 2. The lowest BCUT2D eigenvalue weighted by Crippen LogP contribution is -2.29. The zero-order valence-electron chi connectivity index (χ0n) is 14.5. The van der Waals surface area contributed by atoms with E-state index in [1.165, 1.54) is 24.3 Å². The van der Waals surface area contributed by atoms with Gasteiger partial charge in [0.15, 0.2) is 11.5 Å². The van der Waals surface area contributed by atoms with Crippen LogP contribution >= 0.6 is 0 Å². The molecule has 26 heavy (non-hydrogen) atoms. The molecule has 1 heterocycles. The Hall–Kier alpha value is -2.80. The molecule has 2 aromatic rings. The number of ether oxygens (including phenoxy) is 2. The number of hydrogen-bond donors (Lipinski definition) is 1. The van der Waals surface area contributed by atoms with Crippen LogP contribution in [0.3, 0.4) is 0 Å². The Kier molecular flexibility index (Phi) is 4.99. The molecular weight excluding hydrogens is 354 g/mol. The summed E-state index contributed by atoms with van der Waals surface area (Å²) in [6, 6.07) is 10.0. The molecule has 2 aromatic carbocycles. The van der Waals surface area contributed by atoms with Gasteiger partial charge in [-0.3, -0.25) is 4.79 Å². The molecule has 1 N–H and O–H groups in total. The predicted octanol–water partition coefficient (Wildman–Crippen LogP) is 2.59. The average molecular weight is 373 g/mol. The van der Waals surface area contributed by atoms with Gasteiger partial charge in [0.25, 0.3) is 15.9 Å². The van der Waals surface area contributed by atoms with E-state index in [-0.39, 0.29) is 4.90 Å². The largest absolute Gasteiger partial charge is 0.486 e. The summed E-state index contributed by atoms with van der Waals surface area (Å²) in [6.45, 7) is 4.67. The monoisotopic (exact) mass is 373 g/mol. The van der Waals surface area contributed by atoms with Gasteiger partial charge in [0.2, 0.25) is 0 Å². The highest BCUT2D eigenvalue weighted by molar-refractivity contribution is 7.90. The molecule has 0 spiro atoms. The lowest BCUT2D eigenvalue weighted by Gasteiger charge is -2.18. The van der Waals surface area contributed by atoms with Gasteiger partial charge < -0.3 is 9.47 Å². The van der Waals surface area contributed by atoms with Gasteiger partial charge in [-0.2, -0.15) is 0 Å². The topological polar surface area (TPSA) is 81.7 Å². The molecule has 3 rings (SSSR count). The Morgan fingerprint density at radius 2 is 1.77 bits per heavy atom. The maximum absolute atomic E-state index is 12.4. The summed E-state index contributed by atoms with van der Waals surface area (Å²) >= 11 is 0. The highest BCUT2D eigenvalue weighted by Gasteiger charge is 2.20. The van der Waals surface area contributed by atoms with Crippen LogP contribution in [0.2, 0.25) is 0 Å². The second-order valence-corrected chi connectivity index (χ2v) is 7.65. The first-order valence-corrected chi connectivity index (χ1v) is 9.55. The number of nitrogens with one attached hydrogen (secondary N) is 1. The highest BCUT2D eigenvalue weighted by Crippen LogP contribution is 2.32. The van der Waals surface area contributed by atoms with Crippen LogP contribution in [0.25, 0.3) is 6.08 Å². The maximum atomic E-state index is 12.4. The Balaban J connectivity index is 1.74. The Labute approximate surface area is 152 Å². The third-order valence-corrected chi connectivity index (χ3v) is 5.24. The van der Waals surface area contributed by atoms with E-state index in [4.69, 9.17) is 9.47 Å². The fourth-order valence-corrected chi connectivity index (χ4v) is 3.55. The van der Waals surface area contributed by atoms with Crippen LogP contribution in [0.15, 0.2) is 47.4 Å². The minimum absolute atomic E-state index is 0.0602. The minimum Gasteiger partial charge on any atom is -0.486 e. The number of hydrogen-bond acceptors (Lipinski definition) is 5. The first-order valence-electron chi connectivity index (χ1n) is 8.07. The SMILES string of the molecule is Cc1ccc(C=CC(=O)NS(=O)(=O)c2ccc3c(c2)OCCO3)c(C)c1. The lowest BCUT2D eigenvalue weighted by atomic mass is 10.1. The zero-order chi connectivity index (χ0) is 18.7. The molecule has 7 heteroatoms. The molecule has 0 bridgehead atoms. The number of carbonyl (C=O) groups is 1. The van der Waals surface area contributed by atoms with Gasteiger partial charge in [0.05, 0.1) is 4.90 Å². The predicted molar refractivity (Wildman–Crippen MR) is 97.7 cm³/mol. The molecule has 0 aliphatic carbocycles. The molecule has 6 nitrogen and oxygen atoms in total. The summed E-state index contributed by atoms with van der Waals surface area (Å²) in [6.07, 6.45) is 2.79. The van der Waals surface area contributed by atoms with Gasteiger partial charge in [-0.25, -0.2) is 13.1 Å². The summed E-state index contributed by atoms with van der Waals surface area (Å²) < 4.78 is 37.5. The zero-order valence-corrected chi connectivity index (χ0v) is 15.3. The van der Waals surface area contributed by atoms with Crippen molar-refractivity contribution < 1.29 is 22.7 Å². The van der Waals surface area contributed by atoms with Crippen molar-refractivity contribution in [2.45, 2.75) is 18.7 Å². The molecule has 1 aliphatic heterocycles. The molecule has 0 fully saturated rings. The van der Waals surface area contributed by atoms with Crippen LogP contribution in [0.5, 0.6) is 11.5 Å². The average Bonchev–Trinajstić information content (AvgIpc) is 2.60. The summed E-state index contributed by atoms with van der Waals surface area (Å²) in [5.74, 6) is 0.105. The van der Waals surface area contributed by atoms with Gasteiger partial charge >= 0.3 is 0 Å². The molecule has 0 unspecified atom stereocenters. The van der Waals surface area contributed by atoms with E-state index in [2.05, 4.69) is 0 Å². The van der Waals surface area contributed by atoms with E-state index in [0.717, 1.165) is 16.7 Å². The number of benzene rings is 2. The second kappa shape index (κ2) is 7.21. The molecule has 1 amide bonds. The van der Waals surface area contributed by atoms with Crippen LogP contribution in [0, 0.1) is 13.8 Å². The van der Waals surface area contributed by atoms with Crippen molar-refractivity contribution in [2.75, 3.05) is 13.2 Å². The van der Waals surface area contributed by atoms with E-state index < -0.39 is 15.9 Å². The fraction of sp³-hybridized carbons (Fsp3) is 0.211. The molecule has 136 valence electrons. The number of amides is 1. The Bertz CT molecular complexity index is 979. The number of carbonyl (C=O) groups excluding carboxylic acids is 1. The van der Waals surface area contributed by atoms with Crippen LogP contribution in [0.1, 0.15) is 16.7 Å². The van der Waals surface area contributed by atoms with Gasteiger partial charge in [0, 0.05) is 12.1 Å². The van der Waals surface area contributed by atoms with Crippen LogP contribution < -0.4 is 14.2 Å². The van der Waals surface area contributed by atoms with Crippen molar-refractivity contribution in [1.82, 2.24) is 4.72 Å². The smallest absolute Gasteiger partial charge is 0.264 e. The van der Waals surface area contributed by atoms with Gasteiger partial charge in [-0.15, -0.1) is 0 Å². The van der Waals surface area contributed by atoms with E-state index in [9.17, 15) is 13.2 Å². The fourth-order valence-electron chi connectivity index (χ4n) is 2.59. The van der Waals surface area contributed by atoms with E-state index in [0.29, 0.717) is 24.7 Å². The Morgan fingerprint density at radius 1 is 1.04 bits per heavy atom. The molecule has 0 atom stereocenters. The summed E-state index contributed by atoms with van der Waals surface area (Å²) in [4.78, 5) is 12.0. The van der Waals surface area contributed by atoms with Crippen molar-refractivity contribution in [1.29, 1.82) is 0 Å². The summed E-state index contributed by atoms with van der Waals surface area (Å²) in [5, 5.41) is 0. The van der Waals surface area contributed by atoms with E-state index in [1.807, 2.05) is 36.8 Å². The second-order valence-electron chi connectivity index (χ2n) is 5.97. The highest BCUT2D eigenvalue weighted by atomic mass is 32.2. The standard InChI is InChI=1S/C19H19NO5S/c1-13-3-4-15(14(2)11-13)5-8-19(21)20-26(22,23)16-6-7-17-18(12-16)25-10-9-24-17/h3-8,11-12H,9-10H2,1-2H3,(H,20,21). The number of fused-ring (bicyclic) bond motifs is 1.